The lowest BCUT2D eigenvalue weighted by Crippen LogP contribution is -2.07. The van der Waals surface area contributed by atoms with Gasteiger partial charge in [0.05, 0.1) is 16.9 Å². The predicted octanol–water partition coefficient (Wildman–Crippen LogP) is 0.829. The van der Waals surface area contributed by atoms with Crippen molar-refractivity contribution >= 4 is 11.6 Å². The zero-order chi connectivity index (χ0) is 13.3. The fraction of sp³-hybridized carbons (Fsp3) is 0.300. The number of nitrogens with zero attached hydrogens (tertiary/aromatic N) is 5. The van der Waals surface area contributed by atoms with E-state index in [0.29, 0.717) is 17.2 Å². The zero-order valence-electron chi connectivity index (χ0n) is 9.99. The highest BCUT2D eigenvalue weighted by molar-refractivity contribution is 5.30. The molecule has 0 spiro atoms. The summed E-state index contributed by atoms with van der Waals surface area (Å²) < 4.78 is 1.43. The molecule has 2 heterocycles. The predicted molar refractivity (Wildman–Crippen MR) is 63.9 cm³/mol. The Morgan fingerprint density at radius 2 is 2.17 bits per heavy atom. The molecular weight excluding hydrogens is 236 g/mol. The number of nitro groups is 1. The number of nitrogen functional groups attached to an aromatic ring is 1. The van der Waals surface area contributed by atoms with Gasteiger partial charge in [-0.2, -0.15) is 4.68 Å². The van der Waals surface area contributed by atoms with Crippen LogP contribution in [-0.2, 0) is 6.54 Å². The molecule has 0 aliphatic rings. The molecule has 18 heavy (non-hydrogen) atoms. The first-order valence-electron chi connectivity index (χ1n) is 5.24. The van der Waals surface area contributed by atoms with E-state index in [-0.39, 0.29) is 12.4 Å². The highest BCUT2D eigenvalue weighted by Gasteiger charge is 2.17. The maximum atomic E-state index is 10.7. The summed E-state index contributed by atoms with van der Waals surface area (Å²) in [7, 11) is 0. The molecule has 2 N–H and O–H groups in total. The van der Waals surface area contributed by atoms with Gasteiger partial charge in [-0.05, 0) is 18.8 Å². The van der Waals surface area contributed by atoms with Gasteiger partial charge in [0.1, 0.15) is 12.4 Å². The highest BCUT2D eigenvalue weighted by atomic mass is 16.6. The SMILES string of the molecule is Cc1cc(N)nc(Cn2cc(C)c([N+](=O)[O-])n2)n1. The summed E-state index contributed by atoms with van der Waals surface area (Å²) in [5.41, 5.74) is 6.85. The van der Waals surface area contributed by atoms with Crippen LogP contribution in [0.15, 0.2) is 12.3 Å². The maximum Gasteiger partial charge on any atom is 0.392 e. The van der Waals surface area contributed by atoms with Crippen molar-refractivity contribution in [3.05, 3.63) is 39.5 Å². The Kier molecular flexibility index (Phi) is 2.92. The van der Waals surface area contributed by atoms with Crippen molar-refractivity contribution in [2.24, 2.45) is 0 Å². The van der Waals surface area contributed by atoms with Gasteiger partial charge >= 0.3 is 5.82 Å². The lowest BCUT2D eigenvalue weighted by Gasteiger charge is -2.00. The lowest BCUT2D eigenvalue weighted by atomic mass is 10.4. The minimum absolute atomic E-state index is 0.157. The molecule has 0 aromatic carbocycles. The second kappa shape index (κ2) is 4.40. The van der Waals surface area contributed by atoms with Crippen LogP contribution in [-0.4, -0.2) is 24.7 Å². The molecule has 2 aromatic rings. The average Bonchev–Trinajstić information content (AvgIpc) is 2.57. The minimum atomic E-state index is -0.517. The maximum absolute atomic E-state index is 10.7. The van der Waals surface area contributed by atoms with Crippen LogP contribution in [0.2, 0.25) is 0 Å². The van der Waals surface area contributed by atoms with Crippen molar-refractivity contribution in [1.82, 2.24) is 19.7 Å². The molecule has 2 rings (SSSR count). The number of nitrogens with two attached hydrogens (primary N) is 1. The van der Waals surface area contributed by atoms with Crippen LogP contribution >= 0.6 is 0 Å². The Labute approximate surface area is 103 Å². The molecule has 8 nitrogen and oxygen atoms in total. The average molecular weight is 248 g/mol. The van der Waals surface area contributed by atoms with Gasteiger partial charge in [0.15, 0.2) is 5.82 Å². The fourth-order valence-corrected chi connectivity index (χ4v) is 1.64. The summed E-state index contributed by atoms with van der Waals surface area (Å²) in [5, 5.41) is 14.5. The first kappa shape index (κ1) is 12.0. The highest BCUT2D eigenvalue weighted by Crippen LogP contribution is 2.14. The van der Waals surface area contributed by atoms with Crippen LogP contribution in [0.1, 0.15) is 17.1 Å². The molecule has 0 aliphatic carbocycles. The topological polar surface area (TPSA) is 113 Å². The Hall–Kier alpha value is -2.51. The van der Waals surface area contributed by atoms with Crippen molar-refractivity contribution in [2.45, 2.75) is 20.4 Å². The van der Waals surface area contributed by atoms with Gasteiger partial charge in [0.2, 0.25) is 0 Å². The lowest BCUT2D eigenvalue weighted by molar-refractivity contribution is -0.390. The monoisotopic (exact) mass is 248 g/mol. The molecule has 2 aromatic heterocycles. The molecule has 0 fully saturated rings. The Morgan fingerprint density at radius 1 is 1.44 bits per heavy atom. The van der Waals surface area contributed by atoms with E-state index in [2.05, 4.69) is 15.1 Å². The number of hydrogen-bond acceptors (Lipinski definition) is 6. The molecule has 8 heteroatoms. The van der Waals surface area contributed by atoms with Gasteiger partial charge < -0.3 is 15.8 Å². The smallest absolute Gasteiger partial charge is 0.384 e. The standard InChI is InChI=1S/C10H12N6O2/c1-6-4-15(14-10(6)16(17)18)5-9-12-7(2)3-8(11)13-9/h3-4H,5H2,1-2H3,(H2,11,12,13). The van der Waals surface area contributed by atoms with Gasteiger partial charge in [-0.3, -0.25) is 0 Å². The van der Waals surface area contributed by atoms with E-state index in [1.807, 2.05) is 0 Å². The number of rotatable bonds is 3. The van der Waals surface area contributed by atoms with Crippen LogP contribution in [0.4, 0.5) is 11.6 Å². The van der Waals surface area contributed by atoms with Crippen molar-refractivity contribution < 1.29 is 4.92 Å². The Balaban J connectivity index is 2.28. The van der Waals surface area contributed by atoms with Crippen molar-refractivity contribution in [1.29, 1.82) is 0 Å². The fourth-order valence-electron chi connectivity index (χ4n) is 1.64. The van der Waals surface area contributed by atoms with Crippen molar-refractivity contribution in [2.75, 3.05) is 5.73 Å². The number of anilines is 1. The van der Waals surface area contributed by atoms with Crippen LogP contribution in [0.5, 0.6) is 0 Å². The number of aromatic nitrogens is 4. The molecule has 0 bridgehead atoms. The third-order valence-electron chi connectivity index (χ3n) is 2.32. The molecule has 0 aliphatic heterocycles. The first-order chi connectivity index (χ1) is 8.45. The van der Waals surface area contributed by atoms with E-state index < -0.39 is 4.92 Å². The second-order valence-electron chi connectivity index (χ2n) is 3.94. The molecule has 0 unspecified atom stereocenters. The van der Waals surface area contributed by atoms with Gasteiger partial charge in [-0.1, -0.05) is 0 Å². The summed E-state index contributed by atoms with van der Waals surface area (Å²) in [6.07, 6.45) is 1.58. The van der Waals surface area contributed by atoms with Gasteiger partial charge in [-0.25, -0.2) is 9.97 Å². The quantitative estimate of drug-likeness (QED) is 0.635. The van der Waals surface area contributed by atoms with E-state index in [0.717, 1.165) is 5.69 Å². The van der Waals surface area contributed by atoms with Gasteiger partial charge in [0, 0.05) is 11.8 Å². The van der Waals surface area contributed by atoms with Crippen LogP contribution in [0.3, 0.4) is 0 Å². The molecule has 0 saturated carbocycles. The Morgan fingerprint density at radius 3 is 2.72 bits per heavy atom. The molecule has 94 valence electrons. The molecule has 0 radical (unpaired) electrons. The third kappa shape index (κ3) is 2.42. The van der Waals surface area contributed by atoms with E-state index in [1.165, 1.54) is 4.68 Å². The summed E-state index contributed by atoms with van der Waals surface area (Å²) >= 11 is 0. The minimum Gasteiger partial charge on any atom is -0.384 e. The summed E-state index contributed by atoms with van der Waals surface area (Å²) in [6.45, 7) is 3.69. The molecule has 0 atom stereocenters. The molecule has 0 amide bonds. The number of aryl methyl sites for hydroxylation is 2. The van der Waals surface area contributed by atoms with Crippen molar-refractivity contribution in [3.63, 3.8) is 0 Å². The van der Waals surface area contributed by atoms with E-state index in [1.54, 1.807) is 26.1 Å². The second-order valence-corrected chi connectivity index (χ2v) is 3.94. The van der Waals surface area contributed by atoms with E-state index in [4.69, 9.17) is 5.73 Å². The summed E-state index contributed by atoms with van der Waals surface area (Å²) in [5.74, 6) is 0.691. The first-order valence-corrected chi connectivity index (χ1v) is 5.24. The van der Waals surface area contributed by atoms with Crippen LogP contribution in [0.25, 0.3) is 0 Å². The van der Waals surface area contributed by atoms with Crippen molar-refractivity contribution in [3.8, 4) is 0 Å². The van der Waals surface area contributed by atoms with Gasteiger partial charge in [-0.15, -0.1) is 0 Å². The third-order valence-corrected chi connectivity index (χ3v) is 2.32. The molecular formula is C10H12N6O2. The van der Waals surface area contributed by atoms with Crippen LogP contribution < -0.4 is 5.73 Å². The van der Waals surface area contributed by atoms with Crippen LogP contribution in [0, 0.1) is 24.0 Å². The summed E-state index contributed by atoms with van der Waals surface area (Å²) in [6, 6.07) is 1.65. The van der Waals surface area contributed by atoms with Gasteiger partial charge in [0.25, 0.3) is 0 Å². The zero-order valence-corrected chi connectivity index (χ0v) is 9.99. The number of hydrogen-bond donors (Lipinski definition) is 1. The summed E-state index contributed by atoms with van der Waals surface area (Å²) in [4.78, 5) is 18.4. The largest absolute Gasteiger partial charge is 0.392 e. The van der Waals surface area contributed by atoms with E-state index >= 15 is 0 Å². The normalized spacial score (nSPS) is 10.6. The molecule has 0 saturated heterocycles. The Bertz CT molecular complexity index is 586. The van der Waals surface area contributed by atoms with E-state index in [9.17, 15) is 10.1 Å².